The molecule has 0 bridgehead atoms. The van der Waals surface area contributed by atoms with Crippen LogP contribution in [-0.4, -0.2) is 29.0 Å². The van der Waals surface area contributed by atoms with Gasteiger partial charge in [-0.15, -0.1) is 0 Å². The van der Waals surface area contributed by atoms with Gasteiger partial charge in [-0.2, -0.15) is 0 Å². The van der Waals surface area contributed by atoms with Gasteiger partial charge in [0.1, 0.15) is 0 Å². The number of aromatic amines is 1. The quantitative estimate of drug-likeness (QED) is 0.888. The Hall–Kier alpha value is -1.32. The van der Waals surface area contributed by atoms with Crippen molar-refractivity contribution in [1.29, 1.82) is 0 Å². The Morgan fingerprint density at radius 3 is 3.05 bits per heavy atom. The maximum absolute atomic E-state index is 6.18. The SMILES string of the molecule is CCC1CN(Cc2c[nH]c3ccccc23)CCC1N. The highest BCUT2D eigenvalue weighted by atomic mass is 15.1. The summed E-state index contributed by atoms with van der Waals surface area (Å²) in [6.45, 7) is 5.54. The number of nitrogens with two attached hydrogens (primary N) is 1. The van der Waals surface area contributed by atoms with Gasteiger partial charge in [0.05, 0.1) is 0 Å². The number of piperidine rings is 1. The maximum atomic E-state index is 6.18. The van der Waals surface area contributed by atoms with Crippen LogP contribution in [0.5, 0.6) is 0 Å². The van der Waals surface area contributed by atoms with Gasteiger partial charge in [0.2, 0.25) is 0 Å². The first kappa shape index (κ1) is 12.7. The highest BCUT2D eigenvalue weighted by Crippen LogP contribution is 2.23. The van der Waals surface area contributed by atoms with Crippen LogP contribution in [0.25, 0.3) is 10.9 Å². The van der Waals surface area contributed by atoms with Gasteiger partial charge < -0.3 is 10.7 Å². The molecule has 3 rings (SSSR count). The zero-order chi connectivity index (χ0) is 13.2. The van der Waals surface area contributed by atoms with Crippen LogP contribution in [-0.2, 0) is 6.54 Å². The van der Waals surface area contributed by atoms with Crippen LogP contribution >= 0.6 is 0 Å². The first-order valence-electron chi connectivity index (χ1n) is 7.31. The van der Waals surface area contributed by atoms with Crippen molar-refractivity contribution < 1.29 is 0 Å². The predicted molar refractivity (Wildman–Crippen MR) is 79.9 cm³/mol. The van der Waals surface area contributed by atoms with E-state index in [0.717, 1.165) is 26.1 Å². The molecule has 1 fully saturated rings. The Bertz CT molecular complexity index is 546. The number of nitrogens with zero attached hydrogens (tertiary/aromatic N) is 1. The van der Waals surface area contributed by atoms with Gasteiger partial charge in [-0.3, -0.25) is 4.90 Å². The van der Waals surface area contributed by atoms with Crippen LogP contribution < -0.4 is 5.73 Å². The Morgan fingerprint density at radius 1 is 1.37 bits per heavy atom. The fraction of sp³-hybridized carbons (Fsp3) is 0.500. The maximum Gasteiger partial charge on any atom is 0.0457 e. The summed E-state index contributed by atoms with van der Waals surface area (Å²) >= 11 is 0. The number of nitrogens with one attached hydrogen (secondary N) is 1. The average molecular weight is 257 g/mol. The van der Waals surface area contributed by atoms with Crippen molar-refractivity contribution in [2.45, 2.75) is 32.4 Å². The number of benzene rings is 1. The van der Waals surface area contributed by atoms with Crippen molar-refractivity contribution in [1.82, 2.24) is 9.88 Å². The smallest absolute Gasteiger partial charge is 0.0457 e. The van der Waals surface area contributed by atoms with Crippen molar-refractivity contribution in [3.63, 3.8) is 0 Å². The Kier molecular flexibility index (Phi) is 3.58. The summed E-state index contributed by atoms with van der Waals surface area (Å²) in [5, 5.41) is 1.35. The number of rotatable bonds is 3. The molecule has 2 heterocycles. The molecule has 1 saturated heterocycles. The fourth-order valence-corrected chi connectivity index (χ4v) is 3.20. The molecule has 1 aliphatic rings. The molecule has 0 spiro atoms. The molecule has 3 nitrogen and oxygen atoms in total. The Balaban J connectivity index is 1.74. The summed E-state index contributed by atoms with van der Waals surface area (Å²) < 4.78 is 0. The second-order valence-corrected chi connectivity index (χ2v) is 5.72. The summed E-state index contributed by atoms with van der Waals surface area (Å²) in [6.07, 6.45) is 4.46. The summed E-state index contributed by atoms with van der Waals surface area (Å²) in [5.74, 6) is 0.652. The molecule has 2 aromatic rings. The molecular weight excluding hydrogens is 234 g/mol. The molecule has 0 aliphatic carbocycles. The minimum absolute atomic E-state index is 0.393. The van der Waals surface area contributed by atoms with E-state index < -0.39 is 0 Å². The number of hydrogen-bond acceptors (Lipinski definition) is 2. The molecule has 3 heteroatoms. The van der Waals surface area contributed by atoms with Gasteiger partial charge in [-0.1, -0.05) is 31.5 Å². The predicted octanol–water partition coefficient (Wildman–Crippen LogP) is 2.73. The van der Waals surface area contributed by atoms with Gasteiger partial charge in [0, 0.05) is 36.2 Å². The van der Waals surface area contributed by atoms with Gasteiger partial charge in [0.15, 0.2) is 0 Å². The number of likely N-dealkylation sites (tertiary alicyclic amines) is 1. The number of hydrogen-bond donors (Lipinski definition) is 2. The fourth-order valence-electron chi connectivity index (χ4n) is 3.20. The summed E-state index contributed by atoms with van der Waals surface area (Å²) in [4.78, 5) is 5.91. The van der Waals surface area contributed by atoms with Crippen LogP contribution in [0.15, 0.2) is 30.5 Å². The third kappa shape index (κ3) is 2.53. The molecule has 3 N–H and O–H groups in total. The molecule has 1 aliphatic heterocycles. The lowest BCUT2D eigenvalue weighted by Gasteiger charge is -2.36. The average Bonchev–Trinajstić information content (AvgIpc) is 2.84. The van der Waals surface area contributed by atoms with E-state index in [1.165, 1.54) is 22.9 Å². The van der Waals surface area contributed by atoms with E-state index in [9.17, 15) is 0 Å². The second kappa shape index (κ2) is 5.35. The molecule has 19 heavy (non-hydrogen) atoms. The lowest BCUT2D eigenvalue weighted by molar-refractivity contribution is 0.146. The Labute approximate surface area is 114 Å². The minimum atomic E-state index is 0.393. The van der Waals surface area contributed by atoms with Gasteiger partial charge in [-0.05, 0) is 30.5 Å². The Morgan fingerprint density at radius 2 is 2.21 bits per heavy atom. The van der Waals surface area contributed by atoms with Crippen molar-refractivity contribution in [2.24, 2.45) is 11.7 Å². The zero-order valence-electron chi connectivity index (χ0n) is 11.6. The largest absolute Gasteiger partial charge is 0.361 e. The van der Waals surface area contributed by atoms with E-state index in [-0.39, 0.29) is 0 Å². The second-order valence-electron chi connectivity index (χ2n) is 5.72. The van der Waals surface area contributed by atoms with Crippen LogP contribution in [0.2, 0.25) is 0 Å². The first-order valence-corrected chi connectivity index (χ1v) is 7.31. The number of para-hydroxylation sites is 1. The molecule has 0 radical (unpaired) electrons. The molecular formula is C16H23N3. The summed E-state index contributed by atoms with van der Waals surface area (Å²) in [6, 6.07) is 8.92. The number of H-pyrrole nitrogens is 1. The van der Waals surface area contributed by atoms with Crippen molar-refractivity contribution >= 4 is 10.9 Å². The number of fused-ring (bicyclic) bond motifs is 1. The standard InChI is InChI=1S/C16H23N3/c1-2-12-10-19(8-7-15(12)17)11-13-9-18-16-6-4-3-5-14(13)16/h3-6,9,12,15,18H,2,7-8,10-11,17H2,1H3. The molecule has 2 atom stereocenters. The van der Waals surface area contributed by atoms with Crippen molar-refractivity contribution in [3.8, 4) is 0 Å². The van der Waals surface area contributed by atoms with Crippen LogP contribution in [0.1, 0.15) is 25.3 Å². The molecule has 1 aromatic carbocycles. The van der Waals surface area contributed by atoms with E-state index in [2.05, 4.69) is 47.3 Å². The highest BCUT2D eigenvalue weighted by molar-refractivity contribution is 5.82. The topological polar surface area (TPSA) is 45.0 Å². The zero-order valence-corrected chi connectivity index (χ0v) is 11.6. The van der Waals surface area contributed by atoms with Crippen molar-refractivity contribution in [3.05, 3.63) is 36.0 Å². The summed E-state index contributed by atoms with van der Waals surface area (Å²) in [7, 11) is 0. The lowest BCUT2D eigenvalue weighted by Crippen LogP contribution is -2.46. The molecule has 0 saturated carbocycles. The van der Waals surface area contributed by atoms with E-state index in [1.807, 2.05) is 0 Å². The summed E-state index contributed by atoms with van der Waals surface area (Å²) in [5.41, 5.74) is 8.82. The molecule has 0 amide bonds. The van der Waals surface area contributed by atoms with Crippen LogP contribution in [0.4, 0.5) is 0 Å². The van der Waals surface area contributed by atoms with Gasteiger partial charge in [-0.25, -0.2) is 0 Å². The van der Waals surface area contributed by atoms with Gasteiger partial charge in [0.25, 0.3) is 0 Å². The van der Waals surface area contributed by atoms with E-state index in [1.54, 1.807) is 0 Å². The van der Waals surface area contributed by atoms with Crippen LogP contribution in [0, 0.1) is 5.92 Å². The molecule has 2 unspecified atom stereocenters. The van der Waals surface area contributed by atoms with E-state index in [0.29, 0.717) is 12.0 Å². The first-order chi connectivity index (χ1) is 9.28. The highest BCUT2D eigenvalue weighted by Gasteiger charge is 2.25. The van der Waals surface area contributed by atoms with E-state index in [4.69, 9.17) is 5.73 Å². The third-order valence-electron chi connectivity index (χ3n) is 4.47. The van der Waals surface area contributed by atoms with E-state index >= 15 is 0 Å². The monoisotopic (exact) mass is 257 g/mol. The third-order valence-corrected chi connectivity index (χ3v) is 4.47. The van der Waals surface area contributed by atoms with Crippen LogP contribution in [0.3, 0.4) is 0 Å². The van der Waals surface area contributed by atoms with Gasteiger partial charge >= 0.3 is 0 Å². The number of aromatic nitrogens is 1. The normalized spacial score (nSPS) is 24.9. The molecule has 102 valence electrons. The minimum Gasteiger partial charge on any atom is -0.361 e. The van der Waals surface area contributed by atoms with Crippen molar-refractivity contribution in [2.75, 3.05) is 13.1 Å². The molecule has 1 aromatic heterocycles. The lowest BCUT2D eigenvalue weighted by atomic mass is 9.90.